The Morgan fingerprint density at radius 2 is 2.06 bits per heavy atom. The molecule has 2 fully saturated rings. The second-order valence-corrected chi connectivity index (χ2v) is 5.25. The van der Waals surface area contributed by atoms with Crippen molar-refractivity contribution >= 4 is 11.9 Å². The highest BCUT2D eigenvalue weighted by molar-refractivity contribution is 6.02. The molecule has 0 aromatic carbocycles. The van der Waals surface area contributed by atoms with E-state index in [1.54, 1.807) is 6.92 Å². The number of esters is 2. The molecule has 1 saturated heterocycles. The van der Waals surface area contributed by atoms with Gasteiger partial charge in [-0.1, -0.05) is 6.92 Å². The summed E-state index contributed by atoms with van der Waals surface area (Å²) in [5.74, 6) is -6.26. The minimum Gasteiger partial charge on any atom is -0.468 e. The van der Waals surface area contributed by atoms with Gasteiger partial charge in [-0.15, -0.1) is 0 Å². The van der Waals surface area contributed by atoms with E-state index in [9.17, 15) is 18.4 Å². The molecular formula is C12H16F2O4. The monoisotopic (exact) mass is 262 g/mol. The van der Waals surface area contributed by atoms with E-state index in [0.717, 1.165) is 7.11 Å². The number of hydrogen-bond donors (Lipinski definition) is 0. The Bertz CT molecular complexity index is 386. The van der Waals surface area contributed by atoms with Gasteiger partial charge in [-0.3, -0.25) is 9.59 Å². The quantitative estimate of drug-likeness (QED) is 0.534. The molecule has 1 aliphatic carbocycles. The van der Waals surface area contributed by atoms with E-state index in [0.29, 0.717) is 0 Å². The molecule has 4 unspecified atom stereocenters. The van der Waals surface area contributed by atoms with Gasteiger partial charge in [0.2, 0.25) is 0 Å². The van der Waals surface area contributed by atoms with Crippen molar-refractivity contribution in [3.63, 3.8) is 0 Å². The Labute approximate surface area is 104 Å². The van der Waals surface area contributed by atoms with Crippen LogP contribution in [-0.4, -0.2) is 31.1 Å². The molecule has 0 spiro atoms. The van der Waals surface area contributed by atoms with E-state index >= 15 is 0 Å². The minimum atomic E-state index is -3.06. The fourth-order valence-electron chi connectivity index (χ4n) is 3.09. The maximum Gasteiger partial charge on any atom is 0.324 e. The number of rotatable bonds is 1. The summed E-state index contributed by atoms with van der Waals surface area (Å²) in [4.78, 5) is 23.7. The van der Waals surface area contributed by atoms with Crippen LogP contribution in [0.25, 0.3) is 0 Å². The third kappa shape index (κ3) is 1.54. The van der Waals surface area contributed by atoms with Crippen molar-refractivity contribution in [2.45, 2.75) is 38.7 Å². The molecule has 2 rings (SSSR count). The summed E-state index contributed by atoms with van der Waals surface area (Å²) in [5.41, 5.74) is -1.83. The van der Waals surface area contributed by atoms with Crippen LogP contribution in [0.2, 0.25) is 0 Å². The lowest BCUT2D eigenvalue weighted by Gasteiger charge is -2.41. The molecule has 0 aromatic rings. The van der Waals surface area contributed by atoms with Gasteiger partial charge >= 0.3 is 11.9 Å². The molecule has 6 heteroatoms. The highest BCUT2D eigenvalue weighted by Gasteiger charge is 2.69. The topological polar surface area (TPSA) is 52.6 Å². The number of halogens is 2. The van der Waals surface area contributed by atoms with Crippen LogP contribution in [0.1, 0.15) is 26.7 Å². The van der Waals surface area contributed by atoms with Crippen LogP contribution < -0.4 is 0 Å². The van der Waals surface area contributed by atoms with Crippen molar-refractivity contribution < 1.29 is 27.8 Å². The van der Waals surface area contributed by atoms with Gasteiger partial charge in [-0.2, -0.15) is 0 Å². The Morgan fingerprint density at radius 1 is 1.44 bits per heavy atom. The van der Waals surface area contributed by atoms with E-state index in [4.69, 9.17) is 4.74 Å². The van der Waals surface area contributed by atoms with Crippen molar-refractivity contribution in [1.29, 1.82) is 0 Å². The first-order chi connectivity index (χ1) is 8.25. The second-order valence-electron chi connectivity index (χ2n) is 5.25. The highest BCUT2D eigenvalue weighted by Crippen LogP contribution is 2.56. The highest BCUT2D eigenvalue weighted by atomic mass is 19.3. The van der Waals surface area contributed by atoms with Gasteiger partial charge in [0, 0.05) is 18.3 Å². The predicted molar refractivity (Wildman–Crippen MR) is 56.8 cm³/mol. The molecule has 0 radical (unpaired) electrons. The summed E-state index contributed by atoms with van der Waals surface area (Å²) in [6.07, 6.45) is -1.27. The van der Waals surface area contributed by atoms with Crippen LogP contribution in [-0.2, 0) is 19.1 Å². The van der Waals surface area contributed by atoms with Crippen molar-refractivity contribution in [3.05, 3.63) is 0 Å². The minimum absolute atomic E-state index is 0.0784. The molecule has 0 bridgehead atoms. The van der Waals surface area contributed by atoms with Gasteiger partial charge in [0.25, 0.3) is 5.92 Å². The van der Waals surface area contributed by atoms with Crippen LogP contribution in [0.15, 0.2) is 0 Å². The van der Waals surface area contributed by atoms with E-state index in [-0.39, 0.29) is 6.42 Å². The van der Waals surface area contributed by atoms with Gasteiger partial charge in [-0.25, -0.2) is 8.78 Å². The van der Waals surface area contributed by atoms with Gasteiger partial charge in [0.1, 0.15) is 6.10 Å². The average molecular weight is 262 g/mol. The van der Waals surface area contributed by atoms with Gasteiger partial charge in [0.05, 0.1) is 7.11 Å². The number of ether oxygens (including phenoxy) is 2. The molecule has 2 aliphatic rings. The third-order valence-corrected chi connectivity index (χ3v) is 4.25. The van der Waals surface area contributed by atoms with E-state index in [1.165, 1.54) is 6.92 Å². The van der Waals surface area contributed by atoms with E-state index in [2.05, 4.69) is 4.74 Å². The van der Waals surface area contributed by atoms with Crippen LogP contribution in [0.3, 0.4) is 0 Å². The first kappa shape index (κ1) is 13.2. The number of cyclic esters (lactones) is 1. The number of methoxy groups -OCH3 is 1. The molecule has 0 amide bonds. The summed E-state index contributed by atoms with van der Waals surface area (Å²) < 4.78 is 37.3. The molecule has 1 heterocycles. The zero-order valence-corrected chi connectivity index (χ0v) is 10.5. The third-order valence-electron chi connectivity index (χ3n) is 4.25. The van der Waals surface area contributed by atoms with Gasteiger partial charge < -0.3 is 9.47 Å². The lowest BCUT2D eigenvalue weighted by Crippen LogP contribution is -2.53. The number of alkyl halides is 2. The van der Waals surface area contributed by atoms with Crippen LogP contribution >= 0.6 is 0 Å². The van der Waals surface area contributed by atoms with Gasteiger partial charge in [-0.05, 0) is 13.3 Å². The molecule has 4 atom stereocenters. The lowest BCUT2D eigenvalue weighted by atomic mass is 9.62. The molecule has 1 aliphatic heterocycles. The molecule has 0 N–H and O–H groups in total. The average Bonchev–Trinajstić information content (AvgIpc) is 2.52. The zero-order valence-electron chi connectivity index (χ0n) is 10.5. The van der Waals surface area contributed by atoms with Crippen LogP contribution in [0, 0.1) is 17.3 Å². The normalized spacial score (nSPS) is 42.1. The lowest BCUT2D eigenvalue weighted by molar-refractivity contribution is -0.184. The largest absolute Gasteiger partial charge is 0.468 e. The summed E-state index contributed by atoms with van der Waals surface area (Å²) in [7, 11) is 1.10. The molecular weight excluding hydrogens is 246 g/mol. The summed E-state index contributed by atoms with van der Waals surface area (Å²) in [6.45, 7) is 3.06. The first-order valence-corrected chi connectivity index (χ1v) is 5.93. The van der Waals surface area contributed by atoms with Crippen molar-refractivity contribution in [1.82, 2.24) is 0 Å². The molecule has 0 aromatic heterocycles. The Balaban J connectivity index is 2.47. The fraction of sp³-hybridized carbons (Fsp3) is 0.833. The standard InChI is InChI=1S/C12H16F2O4/c1-6-4-8-7(2)18-10(16)11(8,9(15)17-3)5-12(6,13)14/h6-8H,4-5H2,1-3H3. The number of carbonyl (C=O) groups is 2. The molecule has 4 nitrogen and oxygen atoms in total. The Morgan fingerprint density at radius 3 is 2.61 bits per heavy atom. The summed E-state index contributed by atoms with van der Waals surface area (Å²) in [6, 6.07) is 0. The van der Waals surface area contributed by atoms with Gasteiger partial charge in [0.15, 0.2) is 5.41 Å². The summed E-state index contributed by atoms with van der Waals surface area (Å²) in [5, 5.41) is 0. The SMILES string of the molecule is COC(=O)C12CC(F)(F)C(C)CC1C(C)OC2=O. The number of hydrogen-bond acceptors (Lipinski definition) is 4. The second kappa shape index (κ2) is 3.90. The fourth-order valence-corrected chi connectivity index (χ4v) is 3.09. The molecule has 18 heavy (non-hydrogen) atoms. The van der Waals surface area contributed by atoms with E-state index in [1.807, 2.05) is 0 Å². The summed E-state index contributed by atoms with van der Waals surface area (Å²) >= 11 is 0. The Hall–Kier alpha value is -1.20. The van der Waals surface area contributed by atoms with Crippen molar-refractivity contribution in [2.75, 3.05) is 7.11 Å². The van der Waals surface area contributed by atoms with Crippen molar-refractivity contribution in [2.24, 2.45) is 17.3 Å². The Kier molecular flexibility index (Phi) is 2.87. The predicted octanol–water partition coefficient (Wildman–Crippen LogP) is 1.77. The zero-order chi connectivity index (χ0) is 13.7. The maximum atomic E-state index is 13.9. The number of carbonyl (C=O) groups excluding carboxylic acids is 2. The van der Waals surface area contributed by atoms with Crippen LogP contribution in [0.4, 0.5) is 8.78 Å². The van der Waals surface area contributed by atoms with E-state index < -0.39 is 47.6 Å². The van der Waals surface area contributed by atoms with Crippen molar-refractivity contribution in [3.8, 4) is 0 Å². The molecule has 102 valence electrons. The van der Waals surface area contributed by atoms with Crippen LogP contribution in [0.5, 0.6) is 0 Å². The smallest absolute Gasteiger partial charge is 0.324 e. The number of fused-ring (bicyclic) bond motifs is 1. The maximum absolute atomic E-state index is 13.9. The first-order valence-electron chi connectivity index (χ1n) is 5.93. The molecule has 1 saturated carbocycles.